The summed E-state index contributed by atoms with van der Waals surface area (Å²) >= 11 is 0. The van der Waals surface area contributed by atoms with Crippen molar-refractivity contribution in [2.75, 3.05) is 0 Å². The second kappa shape index (κ2) is 6.78. The van der Waals surface area contributed by atoms with E-state index in [0.29, 0.717) is 5.41 Å². The lowest BCUT2D eigenvalue weighted by molar-refractivity contribution is 0.232. The second-order valence-corrected chi connectivity index (χ2v) is 7.25. The summed E-state index contributed by atoms with van der Waals surface area (Å²) in [6.45, 7) is 0. The van der Waals surface area contributed by atoms with Crippen LogP contribution in [0.5, 0.6) is 0 Å². The zero-order valence-electron chi connectivity index (χ0n) is 12.9. The van der Waals surface area contributed by atoms with Crippen LogP contribution >= 0.6 is 0 Å². The number of benzene rings is 1. The van der Waals surface area contributed by atoms with Crippen LogP contribution in [0, 0.1) is 5.92 Å². The minimum atomic E-state index is 0.525. The second-order valence-electron chi connectivity index (χ2n) is 7.25. The van der Waals surface area contributed by atoms with E-state index in [1.807, 2.05) is 0 Å². The van der Waals surface area contributed by atoms with Crippen molar-refractivity contribution in [1.29, 1.82) is 0 Å². The van der Waals surface area contributed by atoms with E-state index >= 15 is 0 Å². The lowest BCUT2D eigenvalue weighted by Gasteiger charge is -2.39. The molecular weight excluding hydrogens is 240 g/mol. The molecule has 0 aromatic heterocycles. The smallest absolute Gasteiger partial charge is 0.00469 e. The first-order valence-electron chi connectivity index (χ1n) is 8.95. The SMILES string of the molecule is c1ccc(C2(CCC3CCCCC3)CCCCC2)cc1. The Morgan fingerprint density at radius 3 is 2.15 bits per heavy atom. The highest BCUT2D eigenvalue weighted by atomic mass is 14.4. The Morgan fingerprint density at radius 1 is 0.800 bits per heavy atom. The van der Waals surface area contributed by atoms with Gasteiger partial charge in [-0.25, -0.2) is 0 Å². The molecule has 0 bridgehead atoms. The molecule has 0 spiro atoms. The van der Waals surface area contributed by atoms with Gasteiger partial charge in [0, 0.05) is 0 Å². The molecule has 2 aliphatic rings. The first-order valence-corrected chi connectivity index (χ1v) is 8.95. The van der Waals surface area contributed by atoms with Gasteiger partial charge in [0.2, 0.25) is 0 Å². The summed E-state index contributed by atoms with van der Waals surface area (Å²) < 4.78 is 0. The van der Waals surface area contributed by atoms with Gasteiger partial charge in [0.25, 0.3) is 0 Å². The van der Waals surface area contributed by atoms with Crippen molar-refractivity contribution in [3.8, 4) is 0 Å². The summed E-state index contributed by atoms with van der Waals surface area (Å²) in [5.74, 6) is 1.03. The molecule has 0 saturated heterocycles. The monoisotopic (exact) mass is 270 g/mol. The summed E-state index contributed by atoms with van der Waals surface area (Å²) in [7, 11) is 0. The average molecular weight is 270 g/mol. The molecule has 0 heteroatoms. The van der Waals surface area contributed by atoms with Gasteiger partial charge < -0.3 is 0 Å². The van der Waals surface area contributed by atoms with Crippen molar-refractivity contribution in [2.45, 2.75) is 82.5 Å². The van der Waals surface area contributed by atoms with E-state index in [9.17, 15) is 0 Å². The van der Waals surface area contributed by atoms with E-state index in [1.165, 1.54) is 77.0 Å². The average Bonchev–Trinajstić information content (AvgIpc) is 2.56. The van der Waals surface area contributed by atoms with Gasteiger partial charge in [-0.15, -0.1) is 0 Å². The van der Waals surface area contributed by atoms with E-state index in [2.05, 4.69) is 30.3 Å². The van der Waals surface area contributed by atoms with Crippen molar-refractivity contribution in [1.82, 2.24) is 0 Å². The lowest BCUT2D eigenvalue weighted by Crippen LogP contribution is -2.30. The molecule has 0 radical (unpaired) electrons. The van der Waals surface area contributed by atoms with Crippen molar-refractivity contribution in [3.05, 3.63) is 35.9 Å². The molecule has 0 N–H and O–H groups in total. The van der Waals surface area contributed by atoms with E-state index in [-0.39, 0.29) is 0 Å². The fraction of sp³-hybridized carbons (Fsp3) is 0.700. The molecule has 0 unspecified atom stereocenters. The highest BCUT2D eigenvalue weighted by molar-refractivity contribution is 5.26. The standard InChI is InChI=1S/C20H30/c1-4-10-18(11-5-1)14-17-20(15-8-3-9-16-20)19-12-6-2-7-13-19/h2,6-7,12-13,18H,1,3-5,8-11,14-17H2. The van der Waals surface area contributed by atoms with Crippen LogP contribution in [0.2, 0.25) is 0 Å². The summed E-state index contributed by atoms with van der Waals surface area (Å²) in [6, 6.07) is 11.4. The fourth-order valence-corrected chi connectivity index (χ4v) is 4.66. The van der Waals surface area contributed by atoms with Gasteiger partial charge >= 0.3 is 0 Å². The maximum atomic E-state index is 2.40. The zero-order chi connectivity index (χ0) is 13.7. The summed E-state index contributed by atoms with van der Waals surface area (Å²) in [5, 5.41) is 0. The number of hydrogen-bond acceptors (Lipinski definition) is 0. The largest absolute Gasteiger partial charge is 0.0622 e. The summed E-state index contributed by atoms with van der Waals surface area (Å²) in [4.78, 5) is 0. The normalized spacial score (nSPS) is 23.6. The Hall–Kier alpha value is -0.780. The van der Waals surface area contributed by atoms with Crippen molar-refractivity contribution >= 4 is 0 Å². The van der Waals surface area contributed by atoms with Gasteiger partial charge in [0.15, 0.2) is 0 Å². The molecule has 1 aromatic carbocycles. The minimum absolute atomic E-state index is 0.525. The molecule has 2 saturated carbocycles. The van der Waals surface area contributed by atoms with Crippen LogP contribution in [-0.4, -0.2) is 0 Å². The first-order chi connectivity index (χ1) is 9.89. The maximum absolute atomic E-state index is 2.40. The van der Waals surface area contributed by atoms with Crippen LogP contribution in [0.25, 0.3) is 0 Å². The predicted octanol–water partition coefficient (Wildman–Crippen LogP) is 6.25. The third-order valence-electron chi connectivity index (χ3n) is 5.95. The van der Waals surface area contributed by atoms with E-state index in [1.54, 1.807) is 5.56 Å². The molecule has 1 aromatic rings. The Kier molecular flexibility index (Phi) is 4.81. The van der Waals surface area contributed by atoms with Crippen molar-refractivity contribution in [3.63, 3.8) is 0 Å². The Balaban J connectivity index is 1.69. The third-order valence-corrected chi connectivity index (χ3v) is 5.95. The van der Waals surface area contributed by atoms with Crippen LogP contribution in [0.15, 0.2) is 30.3 Å². The molecule has 0 atom stereocenters. The Bertz CT molecular complexity index is 380. The summed E-state index contributed by atoms with van der Waals surface area (Å²) in [6.07, 6.45) is 17.6. The molecule has 0 amide bonds. The maximum Gasteiger partial charge on any atom is -0.00469 e. The van der Waals surface area contributed by atoms with Crippen LogP contribution < -0.4 is 0 Å². The molecule has 3 rings (SSSR count). The van der Waals surface area contributed by atoms with Crippen LogP contribution in [-0.2, 0) is 5.41 Å². The number of rotatable bonds is 4. The first kappa shape index (κ1) is 14.2. The third kappa shape index (κ3) is 3.27. The van der Waals surface area contributed by atoms with Gasteiger partial charge in [-0.05, 0) is 42.6 Å². The van der Waals surface area contributed by atoms with Gasteiger partial charge in [-0.1, -0.05) is 81.7 Å². The van der Waals surface area contributed by atoms with Crippen molar-refractivity contribution < 1.29 is 0 Å². The Morgan fingerprint density at radius 2 is 1.45 bits per heavy atom. The van der Waals surface area contributed by atoms with E-state index in [0.717, 1.165) is 5.92 Å². The quantitative estimate of drug-likeness (QED) is 0.606. The molecule has 0 heterocycles. The van der Waals surface area contributed by atoms with Crippen LogP contribution in [0.3, 0.4) is 0 Å². The highest BCUT2D eigenvalue weighted by Gasteiger charge is 2.34. The van der Waals surface area contributed by atoms with E-state index < -0.39 is 0 Å². The summed E-state index contributed by atoms with van der Waals surface area (Å²) in [5.41, 5.74) is 2.16. The molecule has 2 aliphatic carbocycles. The van der Waals surface area contributed by atoms with Crippen molar-refractivity contribution in [2.24, 2.45) is 5.92 Å². The van der Waals surface area contributed by atoms with E-state index in [4.69, 9.17) is 0 Å². The Labute approximate surface area is 125 Å². The molecule has 110 valence electrons. The molecule has 20 heavy (non-hydrogen) atoms. The molecular formula is C20H30. The number of hydrogen-bond donors (Lipinski definition) is 0. The topological polar surface area (TPSA) is 0 Å². The van der Waals surface area contributed by atoms with Gasteiger partial charge in [-0.3, -0.25) is 0 Å². The molecule has 0 nitrogen and oxygen atoms in total. The fourth-order valence-electron chi connectivity index (χ4n) is 4.66. The van der Waals surface area contributed by atoms with Crippen LogP contribution in [0.4, 0.5) is 0 Å². The van der Waals surface area contributed by atoms with Gasteiger partial charge in [-0.2, -0.15) is 0 Å². The minimum Gasteiger partial charge on any atom is -0.0622 e. The lowest BCUT2D eigenvalue weighted by atomic mass is 9.65. The van der Waals surface area contributed by atoms with Crippen LogP contribution in [0.1, 0.15) is 82.6 Å². The van der Waals surface area contributed by atoms with Gasteiger partial charge in [0.1, 0.15) is 0 Å². The predicted molar refractivity (Wildman–Crippen MR) is 87.0 cm³/mol. The highest BCUT2D eigenvalue weighted by Crippen LogP contribution is 2.44. The van der Waals surface area contributed by atoms with Gasteiger partial charge in [0.05, 0.1) is 0 Å². The molecule has 2 fully saturated rings. The molecule has 0 aliphatic heterocycles. The zero-order valence-corrected chi connectivity index (χ0v) is 12.9.